The quantitative estimate of drug-likeness (QED) is 0.158. The van der Waals surface area contributed by atoms with Gasteiger partial charge in [0, 0.05) is 50.3 Å². The Kier molecular flexibility index (Phi) is 11.2. The first-order valence-electron chi connectivity index (χ1n) is 26.6. The zero-order valence-corrected chi connectivity index (χ0v) is 40.2. The maximum atomic E-state index is 2.59. The normalized spacial score (nSPS) is 15.7. The van der Waals surface area contributed by atoms with Gasteiger partial charge in [-0.15, -0.1) is 0 Å². The number of benzene rings is 7. The molecule has 3 heteroatoms. The smallest absolute Gasteiger partial charge is 0.0534 e. The Morgan fingerprint density at radius 2 is 0.507 bits per heavy atom. The summed E-state index contributed by atoms with van der Waals surface area (Å²) < 4.78 is 7.76. The van der Waals surface area contributed by atoms with Crippen LogP contribution in [0, 0.1) is 0 Å². The van der Waals surface area contributed by atoms with E-state index in [2.05, 4.69) is 177 Å². The van der Waals surface area contributed by atoms with Crippen LogP contribution in [0.15, 0.2) is 164 Å². The third-order valence-electron chi connectivity index (χ3n) is 16.3. The van der Waals surface area contributed by atoms with Gasteiger partial charge in [-0.3, -0.25) is 0 Å². The van der Waals surface area contributed by atoms with E-state index in [0.29, 0.717) is 0 Å². The van der Waals surface area contributed by atoms with Gasteiger partial charge in [0.15, 0.2) is 0 Å². The van der Waals surface area contributed by atoms with Crippen LogP contribution < -0.4 is 0 Å². The van der Waals surface area contributed by atoms with Crippen molar-refractivity contribution in [3.05, 3.63) is 198 Å². The molecule has 3 aliphatic rings. The lowest BCUT2D eigenvalue weighted by molar-refractivity contribution is 0.608. The fourth-order valence-corrected chi connectivity index (χ4v) is 13.0. The predicted octanol–water partition coefficient (Wildman–Crippen LogP) is 17.5. The van der Waals surface area contributed by atoms with Crippen LogP contribution >= 0.6 is 0 Å². The minimum absolute atomic E-state index is 1.13. The van der Waals surface area contributed by atoms with Gasteiger partial charge in [-0.1, -0.05) is 111 Å². The van der Waals surface area contributed by atoms with E-state index in [0.717, 1.165) is 38.5 Å². The zero-order chi connectivity index (χ0) is 45.7. The lowest BCUT2D eigenvalue weighted by atomic mass is 9.90. The van der Waals surface area contributed by atoms with Crippen molar-refractivity contribution in [3.8, 4) is 50.4 Å². The van der Waals surface area contributed by atoms with Crippen LogP contribution in [0.1, 0.15) is 111 Å². The van der Waals surface area contributed by atoms with Crippen LogP contribution in [0.25, 0.3) is 83.2 Å². The highest BCUT2D eigenvalue weighted by atomic mass is 15.0. The van der Waals surface area contributed by atoms with Crippen molar-refractivity contribution >= 4 is 32.7 Å². The van der Waals surface area contributed by atoms with E-state index in [4.69, 9.17) is 0 Å². The van der Waals surface area contributed by atoms with Crippen LogP contribution in [0.4, 0.5) is 0 Å². The summed E-state index contributed by atoms with van der Waals surface area (Å²) in [4.78, 5) is 0. The van der Waals surface area contributed by atoms with E-state index in [9.17, 15) is 0 Å². The number of hydrogen-bond donors (Lipinski definition) is 0. The average Bonchev–Trinajstić information content (AvgIpc) is 3.96. The number of fused-ring (bicyclic) bond motifs is 9. The number of nitrogens with zero attached hydrogens (tertiary/aromatic N) is 3. The monoisotopic (exact) mass is 898 g/mol. The highest BCUT2D eigenvalue weighted by molar-refractivity contribution is 5.96. The van der Waals surface area contributed by atoms with Gasteiger partial charge >= 0.3 is 0 Å². The molecule has 0 saturated heterocycles. The molecule has 0 unspecified atom stereocenters. The standard InChI is InChI=1S/C66H63N3/c1-4-19-31-61-55(28-16-1)58-43-46(34-37-64(58)67(61)52-22-10-7-11-23-52)49-40-50(47-35-38-65-59(44-47)56-29-17-2-5-20-32-62(56)68(65)53-24-12-8-13-25-53)42-51(41-49)48-36-39-66-60(45-48)57-30-18-3-6-21-33-63(57)69(66)54-26-14-9-15-27-54/h7-15,22-27,34-45H,1-6,16-21,28-33H2. The highest BCUT2D eigenvalue weighted by Gasteiger charge is 2.24. The summed E-state index contributed by atoms with van der Waals surface area (Å²) in [6, 6.07) is 63.0. The predicted molar refractivity (Wildman–Crippen MR) is 291 cm³/mol. The van der Waals surface area contributed by atoms with E-state index in [-0.39, 0.29) is 0 Å². The summed E-state index contributed by atoms with van der Waals surface area (Å²) in [6.07, 6.45) is 22.2. The largest absolute Gasteiger partial charge is 0.313 e. The van der Waals surface area contributed by atoms with Crippen molar-refractivity contribution in [1.29, 1.82) is 0 Å². The molecular weight excluding hydrogens is 835 g/mol. The van der Waals surface area contributed by atoms with Gasteiger partial charge < -0.3 is 13.7 Å². The summed E-state index contributed by atoms with van der Waals surface area (Å²) in [5.74, 6) is 0. The number of aryl methyl sites for hydroxylation is 3. The molecule has 3 nitrogen and oxygen atoms in total. The van der Waals surface area contributed by atoms with Gasteiger partial charge in [0.05, 0.1) is 16.6 Å². The summed E-state index contributed by atoms with van der Waals surface area (Å²) in [6.45, 7) is 0. The van der Waals surface area contributed by atoms with E-state index in [1.807, 2.05) is 0 Å². The lowest BCUT2D eigenvalue weighted by Crippen LogP contribution is -2.04. The topological polar surface area (TPSA) is 14.8 Å². The molecule has 7 aromatic carbocycles. The molecule has 0 amide bonds. The van der Waals surface area contributed by atoms with Gasteiger partial charge in [0.2, 0.25) is 0 Å². The Balaban J connectivity index is 1.02. The van der Waals surface area contributed by atoms with E-state index < -0.39 is 0 Å². The van der Waals surface area contributed by atoms with Gasteiger partial charge in [0.1, 0.15) is 0 Å². The Morgan fingerprint density at radius 3 is 0.797 bits per heavy atom. The van der Waals surface area contributed by atoms with Crippen LogP contribution in [-0.4, -0.2) is 13.7 Å². The number of aromatic nitrogens is 3. The fraction of sp³-hybridized carbons (Fsp3) is 0.273. The van der Waals surface area contributed by atoms with Crippen LogP contribution in [0.2, 0.25) is 0 Å². The van der Waals surface area contributed by atoms with Gasteiger partial charge in [-0.2, -0.15) is 0 Å². The first kappa shape index (κ1) is 42.3. The Bertz CT molecular complexity index is 3110. The van der Waals surface area contributed by atoms with Crippen molar-refractivity contribution in [2.75, 3.05) is 0 Å². The van der Waals surface area contributed by atoms with Crippen molar-refractivity contribution in [2.45, 2.75) is 116 Å². The Labute approximate surface area is 408 Å². The molecule has 0 aliphatic heterocycles. The second kappa shape index (κ2) is 18.2. The number of hydrogen-bond acceptors (Lipinski definition) is 0. The van der Waals surface area contributed by atoms with Crippen molar-refractivity contribution in [2.24, 2.45) is 0 Å². The Morgan fingerprint density at radius 1 is 0.232 bits per heavy atom. The van der Waals surface area contributed by atoms with Crippen molar-refractivity contribution < 1.29 is 0 Å². The summed E-state index contributed by atoms with van der Waals surface area (Å²) >= 11 is 0. The molecule has 342 valence electrons. The fourth-order valence-electron chi connectivity index (χ4n) is 13.0. The molecular formula is C66H63N3. The van der Waals surface area contributed by atoms with Crippen LogP contribution in [-0.2, 0) is 38.5 Å². The van der Waals surface area contributed by atoms with Crippen LogP contribution in [0.3, 0.4) is 0 Å². The number of para-hydroxylation sites is 3. The second-order valence-electron chi connectivity index (χ2n) is 20.5. The Hall–Kier alpha value is -6.84. The molecule has 0 saturated carbocycles. The molecule has 0 atom stereocenters. The minimum Gasteiger partial charge on any atom is -0.313 e. The maximum Gasteiger partial charge on any atom is 0.0534 e. The van der Waals surface area contributed by atoms with Gasteiger partial charge in [-0.05, 0) is 218 Å². The average molecular weight is 898 g/mol. The number of rotatable bonds is 6. The van der Waals surface area contributed by atoms with E-state index in [1.54, 1.807) is 16.7 Å². The van der Waals surface area contributed by atoms with Gasteiger partial charge in [0.25, 0.3) is 0 Å². The molecule has 0 fully saturated rings. The zero-order valence-electron chi connectivity index (χ0n) is 40.2. The third kappa shape index (κ3) is 7.66. The van der Waals surface area contributed by atoms with Crippen LogP contribution in [0.5, 0.6) is 0 Å². The lowest BCUT2D eigenvalue weighted by Gasteiger charge is -2.15. The summed E-state index contributed by atoms with van der Waals surface area (Å²) in [5, 5.41) is 4.26. The van der Waals surface area contributed by atoms with E-state index in [1.165, 1.54) is 177 Å². The van der Waals surface area contributed by atoms with Crippen molar-refractivity contribution in [1.82, 2.24) is 13.7 Å². The molecule has 0 bridgehead atoms. The molecule has 0 spiro atoms. The molecule has 3 aromatic heterocycles. The second-order valence-corrected chi connectivity index (χ2v) is 20.5. The minimum atomic E-state index is 1.13. The first-order valence-corrected chi connectivity index (χ1v) is 26.6. The van der Waals surface area contributed by atoms with Gasteiger partial charge in [-0.25, -0.2) is 0 Å². The molecule has 13 rings (SSSR count). The SMILES string of the molecule is c1ccc(-n2c3c(c4cc(-c5cc(-c6ccc7c(c6)c6c(n7-c7ccccc7)CCCCCC6)cc(-c6ccc7c(c6)c6c(n7-c7ccccc7)CCCCCC6)c5)ccc42)CCCCCC3)cc1. The maximum absolute atomic E-state index is 2.59. The van der Waals surface area contributed by atoms with Crippen molar-refractivity contribution in [3.63, 3.8) is 0 Å². The molecule has 0 radical (unpaired) electrons. The molecule has 3 heterocycles. The molecule has 10 aromatic rings. The highest BCUT2D eigenvalue weighted by Crippen LogP contribution is 2.43. The first-order chi connectivity index (χ1) is 34.2. The molecule has 0 N–H and O–H groups in total. The third-order valence-corrected chi connectivity index (χ3v) is 16.3. The molecule has 69 heavy (non-hydrogen) atoms. The van der Waals surface area contributed by atoms with E-state index >= 15 is 0 Å². The molecule has 3 aliphatic carbocycles. The summed E-state index contributed by atoms with van der Waals surface area (Å²) in [7, 11) is 0. The summed E-state index contributed by atoms with van der Waals surface area (Å²) in [5.41, 5.74) is 24.8.